The third-order valence-electron chi connectivity index (χ3n) is 1.85. The Morgan fingerprint density at radius 1 is 1.13 bits per heavy atom. The third-order valence-corrected chi connectivity index (χ3v) is 1.85. The van der Waals surface area contributed by atoms with Crippen molar-refractivity contribution in [2.24, 2.45) is 5.84 Å². The van der Waals surface area contributed by atoms with Crippen LogP contribution in [0.15, 0.2) is 0 Å². The normalized spacial score (nSPS) is 13.4. The third kappa shape index (κ3) is 6.81. The van der Waals surface area contributed by atoms with E-state index in [4.69, 9.17) is 20.1 Å². The van der Waals surface area contributed by atoms with E-state index in [0.717, 1.165) is 13.0 Å². The van der Waals surface area contributed by atoms with Crippen LogP contribution < -0.4 is 11.3 Å². The molecule has 0 spiro atoms. The molecule has 3 N–H and O–H groups in total. The van der Waals surface area contributed by atoms with Gasteiger partial charge in [0.05, 0.1) is 12.6 Å². The van der Waals surface area contributed by atoms with Gasteiger partial charge in [-0.2, -0.15) is 0 Å². The molecule has 0 aromatic heterocycles. The molecule has 0 saturated carbocycles. The van der Waals surface area contributed by atoms with Crippen molar-refractivity contribution in [3.05, 3.63) is 0 Å². The number of rotatable bonds is 10. The van der Waals surface area contributed by atoms with E-state index in [-0.39, 0.29) is 12.3 Å². The van der Waals surface area contributed by atoms with Gasteiger partial charge in [-0.25, -0.2) is 5.43 Å². The van der Waals surface area contributed by atoms with Crippen LogP contribution in [0.5, 0.6) is 0 Å². The molecule has 0 bridgehead atoms. The van der Waals surface area contributed by atoms with Gasteiger partial charge in [-0.05, 0) is 20.3 Å². The summed E-state index contributed by atoms with van der Waals surface area (Å²) < 4.78 is 16.2. The van der Waals surface area contributed by atoms with Crippen molar-refractivity contribution < 1.29 is 14.2 Å². The summed E-state index contributed by atoms with van der Waals surface area (Å²) in [4.78, 5) is 0. The molecule has 0 radical (unpaired) electrons. The van der Waals surface area contributed by atoms with Crippen LogP contribution in [0, 0.1) is 0 Å². The fourth-order valence-corrected chi connectivity index (χ4v) is 1.17. The minimum Gasteiger partial charge on any atom is -0.380 e. The van der Waals surface area contributed by atoms with Crippen molar-refractivity contribution in [3.8, 4) is 0 Å². The van der Waals surface area contributed by atoms with Crippen LogP contribution in [-0.2, 0) is 14.2 Å². The van der Waals surface area contributed by atoms with Crippen molar-refractivity contribution >= 4 is 0 Å². The highest BCUT2D eigenvalue weighted by Gasteiger charge is 2.21. The van der Waals surface area contributed by atoms with E-state index in [9.17, 15) is 0 Å². The van der Waals surface area contributed by atoms with Gasteiger partial charge < -0.3 is 14.2 Å². The molecule has 0 aliphatic heterocycles. The topological polar surface area (TPSA) is 65.7 Å². The maximum atomic E-state index is 5.43. The Labute approximate surface area is 92.2 Å². The lowest BCUT2D eigenvalue weighted by Crippen LogP contribution is -2.49. The minimum atomic E-state index is -0.346. The number of nitrogens with two attached hydrogens (primary N) is 1. The molecule has 0 aliphatic rings. The van der Waals surface area contributed by atoms with Crippen LogP contribution >= 0.6 is 0 Å². The quantitative estimate of drug-likeness (QED) is 0.245. The first-order valence-corrected chi connectivity index (χ1v) is 5.57. The van der Waals surface area contributed by atoms with Crippen LogP contribution in [0.1, 0.15) is 27.2 Å². The zero-order valence-electron chi connectivity index (χ0n) is 9.99. The van der Waals surface area contributed by atoms with E-state index in [2.05, 4.69) is 12.3 Å². The van der Waals surface area contributed by atoms with Crippen molar-refractivity contribution in [1.82, 2.24) is 5.43 Å². The summed E-state index contributed by atoms with van der Waals surface area (Å²) in [6, 6.07) is -0.128. The van der Waals surface area contributed by atoms with Crippen molar-refractivity contribution in [2.75, 3.05) is 26.4 Å². The van der Waals surface area contributed by atoms with Gasteiger partial charge in [0.15, 0.2) is 6.29 Å². The molecular weight excluding hydrogens is 196 g/mol. The largest absolute Gasteiger partial charge is 0.380 e. The van der Waals surface area contributed by atoms with Crippen LogP contribution in [-0.4, -0.2) is 38.8 Å². The molecule has 0 aromatic carbocycles. The summed E-state index contributed by atoms with van der Waals surface area (Å²) >= 11 is 0. The molecule has 15 heavy (non-hydrogen) atoms. The lowest BCUT2D eigenvalue weighted by atomic mass is 10.3. The smallest absolute Gasteiger partial charge is 0.176 e. The molecule has 0 heterocycles. The predicted octanol–water partition coefficient (Wildman–Crippen LogP) is 0.644. The van der Waals surface area contributed by atoms with Crippen LogP contribution in [0.25, 0.3) is 0 Å². The second-order valence-corrected chi connectivity index (χ2v) is 3.13. The summed E-state index contributed by atoms with van der Waals surface area (Å²) in [5.41, 5.74) is 2.66. The fourth-order valence-electron chi connectivity index (χ4n) is 1.17. The van der Waals surface area contributed by atoms with Gasteiger partial charge in [0, 0.05) is 19.8 Å². The minimum absolute atomic E-state index is 0.128. The van der Waals surface area contributed by atoms with Gasteiger partial charge in [-0.1, -0.05) is 6.92 Å². The van der Waals surface area contributed by atoms with E-state index in [1.807, 2.05) is 13.8 Å². The first-order valence-electron chi connectivity index (χ1n) is 5.57. The highest BCUT2D eigenvalue weighted by Crippen LogP contribution is 2.02. The Bertz CT molecular complexity index is 130. The highest BCUT2D eigenvalue weighted by molar-refractivity contribution is 4.67. The summed E-state index contributed by atoms with van der Waals surface area (Å²) in [5.74, 6) is 5.43. The molecule has 0 aromatic rings. The molecule has 92 valence electrons. The highest BCUT2D eigenvalue weighted by atomic mass is 16.7. The lowest BCUT2D eigenvalue weighted by molar-refractivity contribution is -0.163. The number of hydrazine groups is 1. The summed E-state index contributed by atoms with van der Waals surface area (Å²) in [6.07, 6.45) is 0.646. The van der Waals surface area contributed by atoms with E-state index in [1.54, 1.807) is 0 Å². The molecule has 0 amide bonds. The average molecular weight is 220 g/mol. The van der Waals surface area contributed by atoms with Crippen molar-refractivity contribution in [2.45, 2.75) is 39.5 Å². The van der Waals surface area contributed by atoms with Crippen LogP contribution in [0.4, 0.5) is 0 Å². The summed E-state index contributed by atoms with van der Waals surface area (Å²) in [5, 5.41) is 0. The van der Waals surface area contributed by atoms with Gasteiger partial charge >= 0.3 is 0 Å². The Hall–Kier alpha value is -0.200. The van der Waals surface area contributed by atoms with Crippen LogP contribution in [0.3, 0.4) is 0 Å². The molecule has 0 rings (SSSR count). The molecule has 1 atom stereocenters. The molecule has 5 nitrogen and oxygen atoms in total. The fraction of sp³-hybridized carbons (Fsp3) is 1.00. The molecular formula is C10H24N2O3. The Morgan fingerprint density at radius 2 is 1.73 bits per heavy atom. The van der Waals surface area contributed by atoms with Crippen molar-refractivity contribution in [1.29, 1.82) is 0 Å². The number of ether oxygens (including phenoxy) is 3. The zero-order chi connectivity index (χ0) is 11.5. The lowest BCUT2D eigenvalue weighted by Gasteiger charge is -2.25. The zero-order valence-corrected chi connectivity index (χ0v) is 9.99. The van der Waals surface area contributed by atoms with E-state index in [0.29, 0.717) is 19.8 Å². The maximum absolute atomic E-state index is 5.43. The molecule has 5 heteroatoms. The second-order valence-electron chi connectivity index (χ2n) is 3.13. The molecule has 0 aliphatic carbocycles. The average Bonchev–Trinajstić information content (AvgIpc) is 2.24. The van der Waals surface area contributed by atoms with Crippen LogP contribution in [0.2, 0.25) is 0 Å². The summed E-state index contributed by atoms with van der Waals surface area (Å²) in [7, 11) is 0. The second kappa shape index (κ2) is 10.3. The van der Waals surface area contributed by atoms with Gasteiger partial charge in [0.1, 0.15) is 0 Å². The first-order chi connectivity index (χ1) is 7.29. The first kappa shape index (κ1) is 14.8. The standard InChI is InChI=1S/C10H24N2O3/c1-4-7-13-8-9(12-11)10(14-5-2)15-6-3/h9-10,12H,4-8,11H2,1-3H3. The predicted molar refractivity (Wildman–Crippen MR) is 59.3 cm³/mol. The Kier molecular flexibility index (Phi) is 10.2. The molecule has 0 saturated heterocycles. The number of hydrogen-bond acceptors (Lipinski definition) is 5. The van der Waals surface area contributed by atoms with Gasteiger partial charge in [-0.3, -0.25) is 5.84 Å². The van der Waals surface area contributed by atoms with E-state index in [1.165, 1.54) is 0 Å². The van der Waals surface area contributed by atoms with Crippen molar-refractivity contribution in [3.63, 3.8) is 0 Å². The van der Waals surface area contributed by atoms with Gasteiger partial charge in [0.2, 0.25) is 0 Å². The van der Waals surface area contributed by atoms with E-state index < -0.39 is 0 Å². The number of nitrogens with one attached hydrogen (secondary N) is 1. The summed E-state index contributed by atoms with van der Waals surface area (Å²) in [6.45, 7) is 8.32. The SMILES string of the molecule is CCCOCC(NN)C(OCC)OCC. The van der Waals surface area contributed by atoms with Gasteiger partial charge in [0.25, 0.3) is 0 Å². The molecule has 1 unspecified atom stereocenters. The molecule has 0 fully saturated rings. The Balaban J connectivity index is 3.93. The van der Waals surface area contributed by atoms with Gasteiger partial charge in [-0.15, -0.1) is 0 Å². The maximum Gasteiger partial charge on any atom is 0.176 e. The van der Waals surface area contributed by atoms with E-state index >= 15 is 0 Å². The number of hydrogen-bond donors (Lipinski definition) is 2. The monoisotopic (exact) mass is 220 g/mol. The Morgan fingerprint density at radius 3 is 2.13 bits per heavy atom.